The zero-order valence-electron chi connectivity index (χ0n) is 20.9. The highest BCUT2D eigenvalue weighted by molar-refractivity contribution is 5.99. The zero-order chi connectivity index (χ0) is 26.0. The fourth-order valence-corrected chi connectivity index (χ4v) is 5.32. The van der Waals surface area contributed by atoms with E-state index in [0.717, 1.165) is 38.2 Å². The smallest absolute Gasteiger partial charge is 0.331 e. The molecule has 0 saturated carbocycles. The van der Waals surface area contributed by atoms with Gasteiger partial charge < -0.3 is 9.30 Å². The molecule has 3 heterocycles. The average molecular weight is 489 g/mol. The van der Waals surface area contributed by atoms with Crippen molar-refractivity contribution in [3.8, 4) is 28.8 Å². The highest BCUT2D eigenvalue weighted by Crippen LogP contribution is 2.47. The molecule has 0 radical (unpaired) electrons. The van der Waals surface area contributed by atoms with E-state index in [1.165, 1.54) is 11.6 Å². The minimum atomic E-state index is -0.610. The molecule has 0 N–H and O–H groups in total. The van der Waals surface area contributed by atoms with Crippen molar-refractivity contribution in [2.75, 3.05) is 0 Å². The fraction of sp³-hybridized carbons (Fsp3) is 0.167. The van der Waals surface area contributed by atoms with Crippen LogP contribution in [-0.4, -0.2) is 13.7 Å². The van der Waals surface area contributed by atoms with Gasteiger partial charge in [0, 0.05) is 19.7 Å². The molecule has 3 aromatic carbocycles. The van der Waals surface area contributed by atoms with Gasteiger partial charge in [-0.15, -0.1) is 0 Å². The molecule has 6 rings (SSSR count). The molecule has 1 aliphatic rings. The van der Waals surface area contributed by atoms with Crippen LogP contribution in [0.2, 0.25) is 0 Å². The summed E-state index contributed by atoms with van der Waals surface area (Å²) in [6, 6.07) is 23.3. The van der Waals surface area contributed by atoms with Gasteiger partial charge in [-0.2, -0.15) is 5.26 Å². The third-order valence-electron chi connectivity index (χ3n) is 7.20. The van der Waals surface area contributed by atoms with Crippen molar-refractivity contribution in [2.24, 2.45) is 14.1 Å². The van der Waals surface area contributed by atoms with Gasteiger partial charge in [0.05, 0.1) is 39.6 Å². The van der Waals surface area contributed by atoms with Crippen LogP contribution < -0.4 is 16.0 Å². The predicted octanol–water partition coefficient (Wildman–Crippen LogP) is 4.67. The Morgan fingerprint density at radius 3 is 2.35 bits per heavy atom. The first kappa shape index (κ1) is 22.6. The molecule has 0 aliphatic carbocycles. The highest BCUT2D eigenvalue weighted by atomic mass is 16.5. The first-order valence-electron chi connectivity index (χ1n) is 12.0. The largest absolute Gasteiger partial charge is 0.477 e. The zero-order valence-corrected chi connectivity index (χ0v) is 20.9. The number of aromatic nitrogens is 3. The molecule has 0 amide bonds. The summed E-state index contributed by atoms with van der Waals surface area (Å²) in [6.45, 7) is 4.03. The van der Waals surface area contributed by atoms with Gasteiger partial charge in [-0.3, -0.25) is 13.9 Å². The van der Waals surface area contributed by atoms with E-state index in [2.05, 4.69) is 10.6 Å². The minimum absolute atomic E-state index is 0.356. The van der Waals surface area contributed by atoms with E-state index in [0.29, 0.717) is 27.9 Å². The Morgan fingerprint density at radius 1 is 0.919 bits per heavy atom. The molecule has 0 fully saturated rings. The number of nitrogens with zero attached hydrogens (tertiary/aromatic N) is 4. The molecule has 0 saturated heterocycles. The summed E-state index contributed by atoms with van der Waals surface area (Å²) in [5.74, 6) is 0.671. The number of rotatable bonds is 2. The molecule has 5 aromatic rings. The number of fused-ring (bicyclic) bond motifs is 5. The van der Waals surface area contributed by atoms with Crippen LogP contribution in [0, 0.1) is 25.2 Å². The molecule has 0 spiro atoms. The van der Waals surface area contributed by atoms with Crippen molar-refractivity contribution in [1.82, 2.24) is 13.7 Å². The maximum Gasteiger partial charge on any atom is 0.331 e. The Morgan fingerprint density at radius 2 is 1.65 bits per heavy atom. The summed E-state index contributed by atoms with van der Waals surface area (Å²) >= 11 is 0. The van der Waals surface area contributed by atoms with Gasteiger partial charge in [-0.05, 0) is 54.8 Å². The summed E-state index contributed by atoms with van der Waals surface area (Å²) in [4.78, 5) is 27.0. The van der Waals surface area contributed by atoms with Crippen molar-refractivity contribution in [1.29, 1.82) is 5.26 Å². The second-order valence-corrected chi connectivity index (χ2v) is 9.52. The normalized spacial score (nSPS) is 14.1. The summed E-state index contributed by atoms with van der Waals surface area (Å²) in [5.41, 5.74) is 6.33. The SMILES string of the molecule is Cc1ccc2c(c1)-n1c(-c3ccccc3C)c3c(=O)n(C)c(=O)n(C)c3c1[C@@H](c1ccc(C#N)cc1)O2. The van der Waals surface area contributed by atoms with Crippen molar-refractivity contribution in [3.63, 3.8) is 0 Å². The first-order valence-corrected chi connectivity index (χ1v) is 12.0. The van der Waals surface area contributed by atoms with Gasteiger partial charge in [0.15, 0.2) is 6.10 Å². The lowest BCUT2D eigenvalue weighted by Gasteiger charge is -2.30. The number of hydrogen-bond acceptors (Lipinski definition) is 4. The van der Waals surface area contributed by atoms with Crippen LogP contribution in [0.3, 0.4) is 0 Å². The van der Waals surface area contributed by atoms with Crippen LogP contribution in [0.4, 0.5) is 0 Å². The monoisotopic (exact) mass is 488 g/mol. The summed E-state index contributed by atoms with van der Waals surface area (Å²) in [6.07, 6.45) is -0.610. The molecule has 37 heavy (non-hydrogen) atoms. The average Bonchev–Trinajstić information content (AvgIpc) is 3.27. The van der Waals surface area contributed by atoms with Crippen molar-refractivity contribution in [2.45, 2.75) is 20.0 Å². The van der Waals surface area contributed by atoms with Gasteiger partial charge >= 0.3 is 5.69 Å². The quantitative estimate of drug-likeness (QED) is 0.362. The van der Waals surface area contributed by atoms with Crippen LogP contribution in [-0.2, 0) is 14.1 Å². The Balaban J connectivity index is 1.86. The molecule has 7 nitrogen and oxygen atoms in total. The molecule has 2 aromatic heterocycles. The number of benzene rings is 3. The van der Waals surface area contributed by atoms with Crippen LogP contribution in [0.1, 0.15) is 34.1 Å². The molecule has 182 valence electrons. The number of hydrogen-bond donors (Lipinski definition) is 0. The Kier molecular flexibility index (Phi) is 4.95. The maximum absolute atomic E-state index is 13.8. The lowest BCUT2D eigenvalue weighted by molar-refractivity contribution is 0.229. The molecule has 0 bridgehead atoms. The second-order valence-electron chi connectivity index (χ2n) is 9.52. The van der Waals surface area contributed by atoms with E-state index in [-0.39, 0.29) is 5.56 Å². The van der Waals surface area contributed by atoms with Gasteiger partial charge in [0.1, 0.15) is 5.75 Å². The van der Waals surface area contributed by atoms with Gasteiger partial charge in [-0.1, -0.05) is 42.5 Å². The molecule has 1 atom stereocenters. The lowest BCUT2D eigenvalue weighted by atomic mass is 10.0. The maximum atomic E-state index is 13.8. The predicted molar refractivity (Wildman–Crippen MR) is 142 cm³/mol. The summed E-state index contributed by atoms with van der Waals surface area (Å²) < 4.78 is 11.4. The van der Waals surface area contributed by atoms with Crippen LogP contribution in [0.15, 0.2) is 76.3 Å². The second kappa shape index (κ2) is 8.10. The molecular weight excluding hydrogens is 464 g/mol. The van der Waals surface area contributed by atoms with E-state index >= 15 is 0 Å². The van der Waals surface area contributed by atoms with Crippen molar-refractivity contribution < 1.29 is 4.74 Å². The van der Waals surface area contributed by atoms with Crippen LogP contribution in [0.5, 0.6) is 5.75 Å². The minimum Gasteiger partial charge on any atom is -0.477 e. The first-order chi connectivity index (χ1) is 17.8. The summed E-state index contributed by atoms with van der Waals surface area (Å²) in [5, 5.41) is 9.78. The van der Waals surface area contributed by atoms with E-state index in [1.807, 2.05) is 68.4 Å². The van der Waals surface area contributed by atoms with Crippen molar-refractivity contribution >= 4 is 10.9 Å². The molecular formula is C30H24N4O3. The highest BCUT2D eigenvalue weighted by Gasteiger charge is 2.36. The standard InChI is InChI=1S/C30H24N4O3/c1-17-9-14-23-22(15-17)34-25(21-8-6-5-7-18(21)2)24-26(32(3)30(36)33(4)29(24)35)27(34)28(37-23)20-12-10-19(16-31)11-13-20/h5-15,28H,1-4H3/t28-/m1/s1. The van der Waals surface area contributed by atoms with E-state index in [1.54, 1.807) is 19.2 Å². The Hall–Kier alpha value is -4.83. The molecule has 0 unspecified atom stereocenters. The fourth-order valence-electron chi connectivity index (χ4n) is 5.32. The number of nitriles is 1. The van der Waals surface area contributed by atoms with Gasteiger partial charge in [0.25, 0.3) is 5.56 Å². The number of ether oxygens (including phenoxy) is 1. The third kappa shape index (κ3) is 3.19. The van der Waals surface area contributed by atoms with E-state index in [9.17, 15) is 14.9 Å². The molecule has 1 aliphatic heterocycles. The Bertz CT molecular complexity index is 1900. The van der Waals surface area contributed by atoms with Crippen molar-refractivity contribution in [3.05, 3.63) is 116 Å². The topological polar surface area (TPSA) is 82.0 Å². The number of aryl methyl sites for hydroxylation is 3. The van der Waals surface area contributed by atoms with Crippen LogP contribution in [0.25, 0.3) is 27.8 Å². The van der Waals surface area contributed by atoms with Gasteiger partial charge in [-0.25, -0.2) is 4.79 Å². The van der Waals surface area contributed by atoms with E-state index in [4.69, 9.17) is 4.74 Å². The molecule has 7 heteroatoms. The van der Waals surface area contributed by atoms with Gasteiger partial charge in [0.2, 0.25) is 0 Å². The van der Waals surface area contributed by atoms with Crippen LogP contribution >= 0.6 is 0 Å². The third-order valence-corrected chi connectivity index (χ3v) is 7.20. The van der Waals surface area contributed by atoms with E-state index < -0.39 is 11.8 Å². The Labute approximate surface area is 213 Å². The lowest BCUT2D eigenvalue weighted by Crippen LogP contribution is -2.37. The summed E-state index contributed by atoms with van der Waals surface area (Å²) in [7, 11) is 3.20.